The van der Waals surface area contributed by atoms with Crippen molar-refractivity contribution in [2.24, 2.45) is 5.92 Å². The number of esters is 1. The summed E-state index contributed by atoms with van der Waals surface area (Å²) in [6, 6.07) is 16.4. The maximum atomic E-state index is 11.9. The number of hydrogen-bond acceptors (Lipinski definition) is 6. The molecule has 1 aliphatic heterocycles. The SMILES string of the molecule is CC.CCOC(=O)CC1CCCCN(CCc2ccc(Oc3nc4ccccc4s3)cc2)C1. The van der Waals surface area contributed by atoms with Crippen LogP contribution in [0, 0.1) is 5.92 Å². The van der Waals surface area contributed by atoms with E-state index in [1.54, 1.807) is 11.3 Å². The molecule has 0 bridgehead atoms. The molecular formula is C27H36N2O3S. The maximum Gasteiger partial charge on any atom is 0.306 e. The molecule has 1 fully saturated rings. The Balaban J connectivity index is 0.00000149. The molecular weight excluding hydrogens is 432 g/mol. The minimum Gasteiger partial charge on any atom is -0.466 e. The highest BCUT2D eigenvalue weighted by atomic mass is 32.1. The van der Waals surface area contributed by atoms with Crippen LogP contribution in [0.1, 0.15) is 52.0 Å². The largest absolute Gasteiger partial charge is 0.466 e. The minimum absolute atomic E-state index is 0.0573. The van der Waals surface area contributed by atoms with Gasteiger partial charge in [0.25, 0.3) is 5.19 Å². The van der Waals surface area contributed by atoms with Gasteiger partial charge in [0.15, 0.2) is 0 Å². The lowest BCUT2D eigenvalue weighted by molar-refractivity contribution is -0.144. The van der Waals surface area contributed by atoms with E-state index in [0.717, 1.165) is 48.4 Å². The van der Waals surface area contributed by atoms with Gasteiger partial charge in [-0.1, -0.05) is 55.9 Å². The van der Waals surface area contributed by atoms with E-state index in [1.807, 2.05) is 51.1 Å². The summed E-state index contributed by atoms with van der Waals surface area (Å²) in [7, 11) is 0. The van der Waals surface area contributed by atoms with Crippen LogP contribution in [0.25, 0.3) is 10.2 Å². The van der Waals surface area contributed by atoms with E-state index in [1.165, 1.54) is 18.4 Å². The number of carbonyl (C=O) groups is 1. The Hall–Kier alpha value is -2.44. The molecule has 178 valence electrons. The standard InChI is InChI=1S/C25H30N2O3S.C2H6/c1-2-29-24(28)17-20-7-5-6-15-27(18-20)16-14-19-10-12-21(13-11-19)30-25-26-22-8-3-4-9-23(22)31-25;1-2/h3-4,8-13,20H,2,5-7,14-18H2,1H3;1-2H3. The minimum atomic E-state index is -0.0573. The lowest BCUT2D eigenvalue weighted by Crippen LogP contribution is -2.31. The summed E-state index contributed by atoms with van der Waals surface area (Å²) in [6.45, 7) is 9.44. The molecule has 1 aliphatic rings. The molecule has 0 N–H and O–H groups in total. The zero-order valence-electron chi connectivity index (χ0n) is 20.1. The number of hydrogen-bond donors (Lipinski definition) is 0. The first-order chi connectivity index (χ1) is 16.2. The third kappa shape index (κ3) is 7.83. The third-order valence-electron chi connectivity index (χ3n) is 5.73. The molecule has 0 amide bonds. The van der Waals surface area contributed by atoms with Crippen molar-refractivity contribution in [3.05, 3.63) is 54.1 Å². The summed E-state index contributed by atoms with van der Waals surface area (Å²) < 4.78 is 12.2. The third-order valence-corrected chi connectivity index (χ3v) is 6.65. The topological polar surface area (TPSA) is 51.7 Å². The summed E-state index contributed by atoms with van der Waals surface area (Å²) in [5.74, 6) is 1.16. The average molecular weight is 469 g/mol. The van der Waals surface area contributed by atoms with Crippen LogP contribution in [0.2, 0.25) is 0 Å². The second kappa shape index (κ2) is 13.3. The summed E-state index contributed by atoms with van der Waals surface area (Å²) in [5, 5.41) is 0.672. The predicted molar refractivity (Wildman–Crippen MR) is 136 cm³/mol. The molecule has 4 rings (SSSR count). The lowest BCUT2D eigenvalue weighted by atomic mass is 9.99. The van der Waals surface area contributed by atoms with Crippen molar-refractivity contribution in [3.63, 3.8) is 0 Å². The quantitative estimate of drug-likeness (QED) is 0.344. The Morgan fingerprint density at radius 2 is 1.91 bits per heavy atom. The van der Waals surface area contributed by atoms with Crippen molar-refractivity contribution < 1.29 is 14.3 Å². The van der Waals surface area contributed by atoms with Gasteiger partial charge in [-0.3, -0.25) is 4.79 Å². The van der Waals surface area contributed by atoms with Gasteiger partial charge in [0.2, 0.25) is 0 Å². The van der Waals surface area contributed by atoms with Crippen molar-refractivity contribution in [1.82, 2.24) is 9.88 Å². The van der Waals surface area contributed by atoms with Gasteiger partial charge in [-0.2, -0.15) is 0 Å². The molecule has 1 aromatic heterocycles. The second-order valence-electron chi connectivity index (χ2n) is 8.12. The number of fused-ring (bicyclic) bond motifs is 1. The van der Waals surface area contributed by atoms with Crippen LogP contribution in [-0.4, -0.2) is 42.1 Å². The van der Waals surface area contributed by atoms with E-state index in [2.05, 4.69) is 28.1 Å². The first kappa shape index (κ1) is 25.2. The van der Waals surface area contributed by atoms with E-state index in [4.69, 9.17) is 9.47 Å². The number of rotatable bonds is 8. The molecule has 1 atom stereocenters. The molecule has 3 aromatic rings. The van der Waals surface area contributed by atoms with Crippen molar-refractivity contribution in [1.29, 1.82) is 0 Å². The summed E-state index contributed by atoms with van der Waals surface area (Å²) >= 11 is 1.56. The summed E-state index contributed by atoms with van der Waals surface area (Å²) in [6.07, 6.45) is 5.05. The van der Waals surface area contributed by atoms with Gasteiger partial charge in [-0.15, -0.1) is 0 Å². The second-order valence-corrected chi connectivity index (χ2v) is 9.11. The Morgan fingerprint density at radius 3 is 2.67 bits per heavy atom. The summed E-state index contributed by atoms with van der Waals surface area (Å²) in [5.41, 5.74) is 2.26. The number of aromatic nitrogens is 1. The number of para-hydroxylation sites is 1. The highest BCUT2D eigenvalue weighted by Crippen LogP contribution is 2.31. The molecule has 2 heterocycles. The maximum absolute atomic E-state index is 11.9. The van der Waals surface area contributed by atoms with Crippen LogP contribution in [0.3, 0.4) is 0 Å². The van der Waals surface area contributed by atoms with Crippen molar-refractivity contribution >= 4 is 27.5 Å². The molecule has 2 aromatic carbocycles. The van der Waals surface area contributed by atoms with E-state index >= 15 is 0 Å². The first-order valence-corrected chi connectivity index (χ1v) is 13.0. The van der Waals surface area contributed by atoms with Gasteiger partial charge in [-0.05, 0) is 68.5 Å². The Kier molecular flexibility index (Phi) is 10.2. The van der Waals surface area contributed by atoms with Crippen molar-refractivity contribution in [2.75, 3.05) is 26.2 Å². The molecule has 0 aliphatic carbocycles. The van der Waals surface area contributed by atoms with Crippen molar-refractivity contribution in [2.45, 2.75) is 52.9 Å². The Morgan fingerprint density at radius 1 is 1.12 bits per heavy atom. The van der Waals surface area contributed by atoms with Crippen LogP contribution in [0.15, 0.2) is 48.5 Å². The number of benzene rings is 2. The molecule has 0 saturated carbocycles. The van der Waals surface area contributed by atoms with E-state index in [-0.39, 0.29) is 5.97 Å². The van der Waals surface area contributed by atoms with Crippen LogP contribution in [-0.2, 0) is 16.0 Å². The fraction of sp³-hybridized carbons (Fsp3) is 0.481. The molecule has 1 saturated heterocycles. The average Bonchev–Trinajstić information content (AvgIpc) is 3.11. The number of nitrogens with zero attached hydrogens (tertiary/aromatic N) is 2. The van der Waals surface area contributed by atoms with E-state index in [0.29, 0.717) is 24.1 Å². The highest BCUT2D eigenvalue weighted by molar-refractivity contribution is 7.20. The molecule has 0 spiro atoms. The van der Waals surface area contributed by atoms with Crippen LogP contribution < -0.4 is 4.74 Å². The zero-order valence-corrected chi connectivity index (χ0v) is 20.9. The Labute approximate surface area is 201 Å². The highest BCUT2D eigenvalue weighted by Gasteiger charge is 2.21. The number of ether oxygens (including phenoxy) is 2. The van der Waals surface area contributed by atoms with Gasteiger partial charge in [0.1, 0.15) is 5.75 Å². The predicted octanol–water partition coefficient (Wildman–Crippen LogP) is 6.71. The molecule has 33 heavy (non-hydrogen) atoms. The van der Waals surface area contributed by atoms with Gasteiger partial charge < -0.3 is 14.4 Å². The van der Waals surface area contributed by atoms with Crippen molar-refractivity contribution in [3.8, 4) is 10.9 Å². The van der Waals surface area contributed by atoms with E-state index < -0.39 is 0 Å². The van der Waals surface area contributed by atoms with Gasteiger partial charge in [0.05, 0.1) is 16.8 Å². The zero-order chi connectivity index (χ0) is 23.5. The fourth-order valence-corrected chi connectivity index (χ4v) is 4.98. The van der Waals surface area contributed by atoms with E-state index in [9.17, 15) is 4.79 Å². The first-order valence-electron chi connectivity index (χ1n) is 12.2. The lowest BCUT2D eigenvalue weighted by Gasteiger charge is -2.24. The molecule has 6 heteroatoms. The van der Waals surface area contributed by atoms with Crippen LogP contribution in [0.4, 0.5) is 0 Å². The molecule has 0 radical (unpaired) electrons. The normalized spacial score (nSPS) is 16.5. The summed E-state index contributed by atoms with van der Waals surface area (Å²) in [4.78, 5) is 18.9. The fourth-order valence-electron chi connectivity index (χ4n) is 4.15. The van der Waals surface area contributed by atoms with Crippen LogP contribution >= 0.6 is 11.3 Å². The monoisotopic (exact) mass is 468 g/mol. The van der Waals surface area contributed by atoms with Gasteiger partial charge in [0, 0.05) is 19.5 Å². The van der Waals surface area contributed by atoms with Gasteiger partial charge >= 0.3 is 5.97 Å². The smallest absolute Gasteiger partial charge is 0.306 e. The number of thiazole rings is 1. The van der Waals surface area contributed by atoms with Gasteiger partial charge in [-0.25, -0.2) is 4.98 Å². The number of carbonyl (C=O) groups excluding carboxylic acids is 1. The Bertz CT molecular complexity index is 953. The van der Waals surface area contributed by atoms with Crippen LogP contribution in [0.5, 0.6) is 10.9 Å². The number of likely N-dealkylation sites (tertiary alicyclic amines) is 1. The molecule has 1 unspecified atom stereocenters. The molecule has 5 nitrogen and oxygen atoms in total.